The molecule has 0 aromatic rings. The molecule has 0 aromatic carbocycles. The van der Waals surface area contributed by atoms with Gasteiger partial charge in [-0.1, -0.05) is 18.6 Å². The fourth-order valence-electron chi connectivity index (χ4n) is 3.86. The molecular weight excluding hydrogens is 320 g/mol. The summed E-state index contributed by atoms with van der Waals surface area (Å²) in [7, 11) is 0. The molecule has 0 spiro atoms. The molecule has 0 saturated carbocycles. The summed E-state index contributed by atoms with van der Waals surface area (Å²) in [4.78, 5) is 23.2. The Hall–Kier alpha value is -1.20. The highest BCUT2D eigenvalue weighted by molar-refractivity contribution is 5.82. The van der Waals surface area contributed by atoms with E-state index in [1.54, 1.807) is 0 Å². The molecule has 1 unspecified atom stereocenters. The van der Waals surface area contributed by atoms with E-state index >= 15 is 0 Å². The van der Waals surface area contributed by atoms with Crippen molar-refractivity contribution >= 4 is 11.8 Å². The number of hydrogen-bond acceptors (Lipinski definition) is 4. The lowest BCUT2D eigenvalue weighted by Crippen LogP contribution is -2.53. The Morgan fingerprint density at radius 2 is 2.08 bits per heavy atom. The molecule has 0 aliphatic carbocycles. The molecule has 4 atom stereocenters. The lowest BCUT2D eigenvalue weighted by atomic mass is 9.88. The van der Waals surface area contributed by atoms with Crippen molar-refractivity contribution in [3.63, 3.8) is 0 Å². The van der Waals surface area contributed by atoms with Crippen LogP contribution in [0.25, 0.3) is 0 Å². The Bertz CT molecular complexity index is 536. The van der Waals surface area contributed by atoms with Gasteiger partial charge in [0.15, 0.2) is 0 Å². The van der Waals surface area contributed by atoms with Gasteiger partial charge in [0, 0.05) is 12.3 Å². The summed E-state index contributed by atoms with van der Waals surface area (Å²) in [6.45, 7) is 8.41. The van der Waals surface area contributed by atoms with Gasteiger partial charge in [-0.05, 0) is 52.9 Å². The number of aliphatic carboxylic acids is 1. The molecule has 0 amide bonds. The monoisotopic (exact) mass is 352 g/mol. The highest BCUT2D eigenvalue weighted by Crippen LogP contribution is 2.46. The van der Waals surface area contributed by atoms with Crippen molar-refractivity contribution in [2.75, 3.05) is 6.61 Å². The first kappa shape index (κ1) is 20.1. The molecule has 2 heterocycles. The zero-order chi connectivity index (χ0) is 18.7. The number of fused-ring (bicyclic) bond motifs is 2. The molecule has 1 N–H and O–H groups in total. The van der Waals surface area contributed by atoms with Crippen LogP contribution in [0.5, 0.6) is 0 Å². The topological polar surface area (TPSA) is 72.8 Å². The van der Waals surface area contributed by atoms with Gasteiger partial charge >= 0.3 is 5.97 Å². The number of carboxylic acids is 1. The fraction of sp³-hybridized carbons (Fsp3) is 0.800. The van der Waals surface area contributed by atoms with E-state index in [2.05, 4.69) is 6.92 Å². The molecule has 2 aliphatic rings. The first-order valence-electron chi connectivity index (χ1n) is 9.35. The Morgan fingerprint density at radius 3 is 2.72 bits per heavy atom. The van der Waals surface area contributed by atoms with Crippen LogP contribution < -0.4 is 0 Å². The highest BCUT2D eigenvalue weighted by atomic mass is 16.6. The molecule has 2 saturated heterocycles. The van der Waals surface area contributed by atoms with Crippen LogP contribution in [0.3, 0.4) is 0 Å². The van der Waals surface area contributed by atoms with Crippen LogP contribution in [0.15, 0.2) is 11.6 Å². The molecule has 5 heteroatoms. The number of hydrogen-bond donors (Lipinski definition) is 1. The van der Waals surface area contributed by atoms with E-state index in [1.807, 2.05) is 26.8 Å². The minimum atomic E-state index is -0.837. The summed E-state index contributed by atoms with van der Waals surface area (Å²) >= 11 is 0. The predicted octanol–water partition coefficient (Wildman–Crippen LogP) is 3.90. The number of rotatable bonds is 9. The third-order valence-electron chi connectivity index (χ3n) is 5.65. The highest BCUT2D eigenvalue weighted by Gasteiger charge is 2.54. The van der Waals surface area contributed by atoms with E-state index < -0.39 is 11.6 Å². The van der Waals surface area contributed by atoms with Crippen molar-refractivity contribution in [1.29, 1.82) is 0 Å². The Morgan fingerprint density at radius 1 is 1.36 bits per heavy atom. The number of carbonyl (C=O) groups is 2. The lowest BCUT2D eigenvalue weighted by molar-refractivity contribution is -0.242. The SMILES string of the molecule is CC(C)=CCC(=O)C(C)CCC[C@]1(C)OC[C@]2(CC(=O)O)CC[C@H]1O2. The second kappa shape index (κ2) is 8.00. The first-order valence-corrected chi connectivity index (χ1v) is 9.35. The van der Waals surface area contributed by atoms with Gasteiger partial charge in [0.25, 0.3) is 0 Å². The van der Waals surface area contributed by atoms with Crippen LogP contribution >= 0.6 is 0 Å². The van der Waals surface area contributed by atoms with Gasteiger partial charge in [-0.3, -0.25) is 9.59 Å². The molecule has 2 aliphatic heterocycles. The van der Waals surface area contributed by atoms with Crippen molar-refractivity contribution in [3.05, 3.63) is 11.6 Å². The third-order valence-corrected chi connectivity index (χ3v) is 5.65. The van der Waals surface area contributed by atoms with E-state index in [4.69, 9.17) is 14.6 Å². The van der Waals surface area contributed by atoms with E-state index in [0.29, 0.717) is 13.0 Å². The normalized spacial score (nSPS) is 32.2. The number of carboxylic acid groups (broad SMARTS) is 1. The zero-order valence-corrected chi connectivity index (χ0v) is 16.0. The fourth-order valence-corrected chi connectivity index (χ4v) is 3.86. The van der Waals surface area contributed by atoms with Crippen molar-refractivity contribution in [3.8, 4) is 0 Å². The van der Waals surface area contributed by atoms with E-state index in [9.17, 15) is 9.59 Å². The van der Waals surface area contributed by atoms with Gasteiger partial charge in [-0.2, -0.15) is 0 Å². The smallest absolute Gasteiger partial charge is 0.306 e. The average Bonchev–Trinajstić information content (AvgIpc) is 2.89. The second-order valence-corrected chi connectivity index (χ2v) is 8.25. The molecule has 2 rings (SSSR count). The Labute approximate surface area is 150 Å². The minimum absolute atomic E-state index is 0.00940. The van der Waals surface area contributed by atoms with Crippen LogP contribution in [0, 0.1) is 5.92 Å². The van der Waals surface area contributed by atoms with Crippen LogP contribution in [-0.2, 0) is 19.1 Å². The average molecular weight is 352 g/mol. The number of Topliss-reactive ketones (excluding diaryl/α,β-unsaturated/α-hetero) is 1. The summed E-state index contributed by atoms with van der Waals surface area (Å²) in [5.41, 5.74) is 0.164. The number of ketones is 1. The standard InChI is InChI=1S/C20H32O5/c1-14(2)7-8-16(21)15(3)6-5-10-19(4)17-9-11-20(25-17,13-24-19)12-18(22)23/h7,15,17H,5-6,8-13H2,1-4H3,(H,22,23)/t15?,17-,19+,20-/m1/s1. The maximum Gasteiger partial charge on any atom is 0.306 e. The second-order valence-electron chi connectivity index (χ2n) is 8.25. The van der Waals surface area contributed by atoms with E-state index in [0.717, 1.165) is 32.1 Å². The van der Waals surface area contributed by atoms with Crippen LogP contribution in [0.4, 0.5) is 0 Å². The van der Waals surface area contributed by atoms with Crippen molar-refractivity contribution in [2.45, 2.75) is 89.9 Å². The predicted molar refractivity (Wildman–Crippen MR) is 95.5 cm³/mol. The molecule has 5 nitrogen and oxygen atoms in total. The summed E-state index contributed by atoms with van der Waals surface area (Å²) in [5, 5.41) is 9.07. The zero-order valence-electron chi connectivity index (χ0n) is 16.0. The third kappa shape index (κ3) is 5.14. The summed E-state index contributed by atoms with van der Waals surface area (Å²) in [5.74, 6) is -0.497. The lowest BCUT2D eigenvalue weighted by Gasteiger charge is -2.44. The molecule has 142 valence electrons. The largest absolute Gasteiger partial charge is 0.481 e. The minimum Gasteiger partial charge on any atom is -0.481 e. The van der Waals surface area contributed by atoms with Gasteiger partial charge < -0.3 is 14.6 Å². The Balaban J connectivity index is 1.81. The van der Waals surface area contributed by atoms with E-state index in [-0.39, 0.29) is 29.8 Å². The van der Waals surface area contributed by atoms with Gasteiger partial charge in [0.1, 0.15) is 11.4 Å². The quantitative estimate of drug-likeness (QED) is 0.637. The number of carbonyl (C=O) groups excluding carboxylic acids is 1. The molecular formula is C20H32O5. The molecule has 0 aromatic heterocycles. The van der Waals surface area contributed by atoms with Gasteiger partial charge in [0.05, 0.1) is 24.7 Å². The van der Waals surface area contributed by atoms with Gasteiger partial charge in [-0.25, -0.2) is 0 Å². The van der Waals surface area contributed by atoms with Crippen molar-refractivity contribution in [2.24, 2.45) is 5.92 Å². The van der Waals surface area contributed by atoms with Crippen LogP contribution in [0.2, 0.25) is 0 Å². The van der Waals surface area contributed by atoms with E-state index in [1.165, 1.54) is 5.57 Å². The summed E-state index contributed by atoms with van der Waals surface area (Å²) < 4.78 is 12.2. The molecule has 2 bridgehead atoms. The maximum absolute atomic E-state index is 12.1. The first-order chi connectivity index (χ1) is 11.7. The maximum atomic E-state index is 12.1. The van der Waals surface area contributed by atoms with Crippen LogP contribution in [-0.4, -0.2) is 40.8 Å². The molecule has 0 radical (unpaired) electrons. The summed E-state index contributed by atoms with van der Waals surface area (Å²) in [6.07, 6.45) is 6.65. The van der Waals surface area contributed by atoms with Crippen molar-refractivity contribution < 1.29 is 24.2 Å². The number of ether oxygens (including phenoxy) is 2. The summed E-state index contributed by atoms with van der Waals surface area (Å²) in [6, 6.07) is 0. The number of allylic oxidation sites excluding steroid dienone is 2. The van der Waals surface area contributed by atoms with Gasteiger partial charge in [0.2, 0.25) is 0 Å². The molecule has 2 fully saturated rings. The van der Waals surface area contributed by atoms with Crippen LogP contribution in [0.1, 0.15) is 72.6 Å². The van der Waals surface area contributed by atoms with Crippen molar-refractivity contribution in [1.82, 2.24) is 0 Å². The van der Waals surface area contributed by atoms with Gasteiger partial charge in [-0.15, -0.1) is 0 Å². The Kier molecular flexibility index (Phi) is 6.44. The molecule has 25 heavy (non-hydrogen) atoms.